The molecular weight excluding hydrogens is 123 g/mol. The molecule has 9 heavy (non-hydrogen) atoms. The highest BCUT2D eigenvalue weighted by Crippen LogP contribution is 2.07. The van der Waals surface area contributed by atoms with Crippen LogP contribution in [0.1, 0.15) is 6.42 Å². The van der Waals surface area contributed by atoms with Crippen molar-refractivity contribution in [2.45, 2.75) is 12.5 Å². The molecule has 0 radical (unpaired) electrons. The summed E-state index contributed by atoms with van der Waals surface area (Å²) in [4.78, 5) is 0. The zero-order chi connectivity index (χ0) is 6.69. The molecule has 0 bridgehead atoms. The number of rotatable bonds is 2. The minimum Gasteiger partial charge on any atom is -0.402 e. The molecule has 1 saturated heterocycles. The van der Waals surface area contributed by atoms with E-state index in [2.05, 4.69) is 4.65 Å². The normalized spacial score (nSPS) is 26.7. The molecule has 1 rings (SSSR count). The van der Waals surface area contributed by atoms with Gasteiger partial charge in [0.1, 0.15) is 0 Å². The van der Waals surface area contributed by atoms with E-state index in [-0.39, 0.29) is 6.10 Å². The van der Waals surface area contributed by atoms with Crippen molar-refractivity contribution in [1.29, 1.82) is 0 Å². The largest absolute Gasteiger partial charge is 0.634 e. The first kappa shape index (κ1) is 7.02. The molecule has 0 aromatic carbocycles. The molecule has 0 amide bonds. The second-order valence-electron chi connectivity index (χ2n) is 1.95. The summed E-state index contributed by atoms with van der Waals surface area (Å²) in [7, 11) is -1.66. The van der Waals surface area contributed by atoms with Gasteiger partial charge in [0, 0.05) is 6.61 Å². The minimum atomic E-state index is -1.66. The van der Waals surface area contributed by atoms with Crippen molar-refractivity contribution in [3.8, 4) is 0 Å². The van der Waals surface area contributed by atoms with E-state index in [4.69, 9.17) is 14.8 Å². The van der Waals surface area contributed by atoms with Gasteiger partial charge in [0.15, 0.2) is 0 Å². The summed E-state index contributed by atoms with van der Waals surface area (Å²) < 4.78 is 9.51. The van der Waals surface area contributed by atoms with Crippen molar-refractivity contribution in [3.63, 3.8) is 0 Å². The van der Waals surface area contributed by atoms with Crippen LogP contribution >= 0.6 is 0 Å². The Bertz CT molecular complexity index is 80.6. The molecule has 4 nitrogen and oxygen atoms in total. The highest BCUT2D eigenvalue weighted by molar-refractivity contribution is 6.32. The van der Waals surface area contributed by atoms with E-state index < -0.39 is 7.32 Å². The van der Waals surface area contributed by atoms with E-state index in [9.17, 15) is 0 Å². The first-order valence-corrected chi connectivity index (χ1v) is 2.88. The van der Waals surface area contributed by atoms with Crippen LogP contribution in [0.2, 0.25) is 0 Å². The van der Waals surface area contributed by atoms with Gasteiger partial charge in [-0.2, -0.15) is 0 Å². The quantitative estimate of drug-likeness (QED) is 0.461. The maximum absolute atomic E-state index is 8.29. The predicted molar refractivity (Wildman–Crippen MR) is 30.5 cm³/mol. The van der Waals surface area contributed by atoms with Gasteiger partial charge in [-0.15, -0.1) is 0 Å². The Morgan fingerprint density at radius 3 is 2.78 bits per heavy atom. The van der Waals surface area contributed by atoms with Crippen LogP contribution in [0, 0.1) is 0 Å². The molecule has 0 aromatic rings. The second kappa shape index (κ2) is 3.17. The third kappa shape index (κ3) is 2.32. The van der Waals surface area contributed by atoms with Crippen LogP contribution in [0.3, 0.4) is 0 Å². The van der Waals surface area contributed by atoms with Gasteiger partial charge in [-0.1, -0.05) is 0 Å². The van der Waals surface area contributed by atoms with Crippen LogP contribution in [0.5, 0.6) is 0 Å². The summed E-state index contributed by atoms with van der Waals surface area (Å²) in [6, 6.07) is 0. The molecule has 1 heterocycles. The second-order valence-corrected chi connectivity index (χ2v) is 1.95. The van der Waals surface area contributed by atoms with Crippen molar-refractivity contribution in [3.05, 3.63) is 0 Å². The molecule has 0 spiro atoms. The van der Waals surface area contributed by atoms with Gasteiger partial charge < -0.3 is 19.4 Å². The Hall–Kier alpha value is -0.0951. The van der Waals surface area contributed by atoms with Gasteiger partial charge in [0.05, 0.1) is 12.7 Å². The Balaban J connectivity index is 2.11. The first-order valence-electron chi connectivity index (χ1n) is 2.88. The van der Waals surface area contributed by atoms with Crippen molar-refractivity contribution in [2.24, 2.45) is 0 Å². The predicted octanol–water partition coefficient (Wildman–Crippen LogP) is -1.24. The van der Waals surface area contributed by atoms with E-state index in [1.807, 2.05) is 0 Å². The summed E-state index contributed by atoms with van der Waals surface area (Å²) in [6.07, 6.45) is 0.613. The van der Waals surface area contributed by atoms with E-state index >= 15 is 0 Å². The molecule has 52 valence electrons. The van der Waals surface area contributed by atoms with Gasteiger partial charge >= 0.3 is 7.32 Å². The molecule has 0 aromatic heterocycles. The van der Waals surface area contributed by atoms with Gasteiger partial charge in [-0.3, -0.25) is 0 Å². The zero-order valence-corrected chi connectivity index (χ0v) is 4.99. The molecule has 1 atom stereocenters. The highest BCUT2D eigenvalue weighted by atomic mass is 16.6. The zero-order valence-electron chi connectivity index (χ0n) is 4.99. The maximum Gasteiger partial charge on any atom is 0.634 e. The topological polar surface area (TPSA) is 58.9 Å². The van der Waals surface area contributed by atoms with Crippen LogP contribution in [0.15, 0.2) is 0 Å². The van der Waals surface area contributed by atoms with Crippen molar-refractivity contribution in [2.75, 3.05) is 13.2 Å². The third-order valence-electron chi connectivity index (χ3n) is 1.20. The summed E-state index contributed by atoms with van der Waals surface area (Å²) in [5, 5.41) is 16.6. The lowest BCUT2D eigenvalue weighted by Gasteiger charge is -2.06. The monoisotopic (exact) mass is 132 g/mol. The van der Waals surface area contributed by atoms with Gasteiger partial charge in [-0.05, 0) is 6.42 Å². The fourth-order valence-electron chi connectivity index (χ4n) is 0.792. The van der Waals surface area contributed by atoms with E-state index in [0.717, 1.165) is 6.42 Å². The Labute approximate surface area is 53.6 Å². The molecule has 1 unspecified atom stereocenters. The lowest BCUT2D eigenvalue weighted by atomic mass is 10.2. The molecule has 5 heteroatoms. The standard InChI is InChI=1S/C4H9BO4/c6-5(7)9-4-1-2-8-3-4/h4,6-7H,1-3H2. The fraction of sp³-hybridized carbons (Fsp3) is 1.00. The van der Waals surface area contributed by atoms with Crippen molar-refractivity contribution in [1.82, 2.24) is 0 Å². The van der Waals surface area contributed by atoms with E-state index in [1.54, 1.807) is 0 Å². The average molecular weight is 132 g/mol. The van der Waals surface area contributed by atoms with Crippen LogP contribution < -0.4 is 0 Å². The van der Waals surface area contributed by atoms with Gasteiger partial charge in [-0.25, -0.2) is 0 Å². The number of ether oxygens (including phenoxy) is 1. The molecular formula is C4H9BO4. The summed E-state index contributed by atoms with van der Waals surface area (Å²) in [5.41, 5.74) is 0. The van der Waals surface area contributed by atoms with Crippen LogP contribution in [-0.4, -0.2) is 36.7 Å². The minimum absolute atomic E-state index is 0.134. The highest BCUT2D eigenvalue weighted by Gasteiger charge is 2.21. The lowest BCUT2D eigenvalue weighted by Crippen LogP contribution is -2.25. The lowest BCUT2D eigenvalue weighted by molar-refractivity contribution is 0.0967. The molecule has 0 aliphatic carbocycles. The molecule has 1 fully saturated rings. The Kier molecular flexibility index (Phi) is 2.47. The van der Waals surface area contributed by atoms with E-state index in [0.29, 0.717) is 13.2 Å². The third-order valence-corrected chi connectivity index (χ3v) is 1.20. The molecule has 2 N–H and O–H groups in total. The van der Waals surface area contributed by atoms with Gasteiger partial charge in [0.25, 0.3) is 0 Å². The Morgan fingerprint density at radius 1 is 1.56 bits per heavy atom. The average Bonchev–Trinajstić information content (AvgIpc) is 2.15. The van der Waals surface area contributed by atoms with Crippen molar-refractivity contribution >= 4 is 7.32 Å². The molecule has 1 aliphatic heterocycles. The van der Waals surface area contributed by atoms with Crippen molar-refractivity contribution < 1.29 is 19.4 Å². The summed E-state index contributed by atoms with van der Waals surface area (Å²) in [6.45, 7) is 1.12. The smallest absolute Gasteiger partial charge is 0.402 e. The SMILES string of the molecule is OB(O)OC1CCOC1. The fourth-order valence-corrected chi connectivity index (χ4v) is 0.792. The molecule has 1 aliphatic rings. The number of hydrogen-bond acceptors (Lipinski definition) is 4. The van der Waals surface area contributed by atoms with Crippen LogP contribution in [0.25, 0.3) is 0 Å². The maximum atomic E-state index is 8.29. The first-order chi connectivity index (χ1) is 4.29. The number of hydrogen-bond donors (Lipinski definition) is 2. The van der Waals surface area contributed by atoms with Crippen LogP contribution in [-0.2, 0) is 9.39 Å². The Morgan fingerprint density at radius 2 is 2.33 bits per heavy atom. The van der Waals surface area contributed by atoms with E-state index in [1.165, 1.54) is 0 Å². The molecule has 0 saturated carbocycles. The van der Waals surface area contributed by atoms with Crippen LogP contribution in [0.4, 0.5) is 0 Å². The summed E-state index contributed by atoms with van der Waals surface area (Å²) >= 11 is 0. The summed E-state index contributed by atoms with van der Waals surface area (Å²) in [5.74, 6) is 0. The van der Waals surface area contributed by atoms with Gasteiger partial charge in [0.2, 0.25) is 0 Å².